The lowest BCUT2D eigenvalue weighted by Crippen LogP contribution is -2.32. The minimum Gasteiger partial charge on any atom is -0.350 e. The van der Waals surface area contributed by atoms with Gasteiger partial charge in [-0.15, -0.1) is 0 Å². The summed E-state index contributed by atoms with van der Waals surface area (Å²) in [6.07, 6.45) is 9.64. The molecule has 0 bridgehead atoms. The highest BCUT2D eigenvalue weighted by atomic mass is 16.8. The van der Waals surface area contributed by atoms with Gasteiger partial charge in [-0.25, -0.2) is 15.3 Å². The van der Waals surface area contributed by atoms with E-state index in [4.69, 9.17) is 9.57 Å². The fourth-order valence-electron chi connectivity index (χ4n) is 3.34. The Morgan fingerprint density at radius 2 is 2.10 bits per heavy atom. The number of rotatable bonds is 7. The standard InChI is InChI=1S/C24H25N3O3/c28-23(26-30-24-11-4-5-14-29-24)13-12-19-7-6-8-20(15-19)16-27-17-22(25-18-27)21-9-2-1-3-10-21/h1-3,6-10,12-13,15,17-18,24H,4-5,11,14,16H2,(H,26,28). The number of carbonyl (C=O) groups is 1. The number of carbonyl (C=O) groups excluding carboxylic acids is 1. The van der Waals surface area contributed by atoms with E-state index in [-0.39, 0.29) is 12.2 Å². The molecule has 154 valence electrons. The zero-order valence-electron chi connectivity index (χ0n) is 16.7. The van der Waals surface area contributed by atoms with Crippen LogP contribution in [0, 0.1) is 0 Å². The Labute approximate surface area is 176 Å². The van der Waals surface area contributed by atoms with Gasteiger partial charge in [0.1, 0.15) is 0 Å². The van der Waals surface area contributed by atoms with Crippen molar-refractivity contribution in [2.24, 2.45) is 0 Å². The molecule has 0 spiro atoms. The number of hydrogen-bond donors (Lipinski definition) is 1. The molecule has 0 radical (unpaired) electrons. The number of amides is 1. The molecule has 6 heteroatoms. The molecule has 1 N–H and O–H groups in total. The molecule has 1 amide bonds. The lowest BCUT2D eigenvalue weighted by Gasteiger charge is -2.21. The molecule has 1 aromatic heterocycles. The second-order valence-electron chi connectivity index (χ2n) is 7.26. The van der Waals surface area contributed by atoms with Crippen LogP contribution in [0.2, 0.25) is 0 Å². The minimum absolute atomic E-state index is 0.309. The Hall–Kier alpha value is -3.22. The van der Waals surface area contributed by atoms with E-state index in [2.05, 4.69) is 27.2 Å². The normalized spacial score (nSPS) is 16.6. The smallest absolute Gasteiger partial charge is 0.267 e. The predicted octanol–water partition coefficient (Wildman–Crippen LogP) is 4.19. The van der Waals surface area contributed by atoms with Gasteiger partial charge in [0.25, 0.3) is 5.91 Å². The summed E-state index contributed by atoms with van der Waals surface area (Å²) < 4.78 is 7.48. The molecule has 1 saturated heterocycles. The molecule has 1 aliphatic heterocycles. The van der Waals surface area contributed by atoms with Crippen LogP contribution in [0.15, 0.2) is 73.2 Å². The van der Waals surface area contributed by atoms with E-state index in [1.165, 1.54) is 6.08 Å². The van der Waals surface area contributed by atoms with Crippen LogP contribution in [0.3, 0.4) is 0 Å². The number of hydrogen-bond acceptors (Lipinski definition) is 4. The first-order chi connectivity index (χ1) is 14.8. The number of nitrogens with one attached hydrogen (secondary N) is 1. The highest BCUT2D eigenvalue weighted by Crippen LogP contribution is 2.17. The van der Waals surface area contributed by atoms with E-state index in [1.54, 1.807) is 6.08 Å². The highest BCUT2D eigenvalue weighted by Gasteiger charge is 2.14. The second-order valence-corrected chi connectivity index (χ2v) is 7.26. The van der Waals surface area contributed by atoms with Crippen LogP contribution in [-0.4, -0.2) is 28.4 Å². The van der Waals surface area contributed by atoms with Crippen LogP contribution in [0.25, 0.3) is 17.3 Å². The third-order valence-electron chi connectivity index (χ3n) is 4.88. The first kappa shape index (κ1) is 20.1. The molecule has 2 heterocycles. The Bertz CT molecular complexity index is 992. The van der Waals surface area contributed by atoms with Crippen molar-refractivity contribution in [3.8, 4) is 11.3 Å². The van der Waals surface area contributed by atoms with E-state index in [0.717, 1.165) is 41.6 Å². The van der Waals surface area contributed by atoms with Crippen molar-refractivity contribution in [1.82, 2.24) is 15.0 Å². The summed E-state index contributed by atoms with van der Waals surface area (Å²) in [6, 6.07) is 18.2. The van der Waals surface area contributed by atoms with Gasteiger partial charge in [0.05, 0.1) is 12.0 Å². The van der Waals surface area contributed by atoms with E-state index in [9.17, 15) is 4.79 Å². The van der Waals surface area contributed by atoms with Gasteiger partial charge in [-0.3, -0.25) is 4.79 Å². The molecular weight excluding hydrogens is 378 g/mol. The number of aromatic nitrogens is 2. The van der Waals surface area contributed by atoms with Crippen LogP contribution in [0.5, 0.6) is 0 Å². The Balaban J connectivity index is 1.33. The number of benzene rings is 2. The molecule has 4 rings (SSSR count). The molecule has 1 atom stereocenters. The second kappa shape index (κ2) is 10.0. The van der Waals surface area contributed by atoms with Gasteiger partial charge in [-0.1, -0.05) is 48.5 Å². The van der Waals surface area contributed by atoms with Crippen molar-refractivity contribution in [3.63, 3.8) is 0 Å². The summed E-state index contributed by atoms with van der Waals surface area (Å²) in [5, 5.41) is 0. The minimum atomic E-state index is -0.351. The fourth-order valence-corrected chi connectivity index (χ4v) is 3.34. The molecule has 2 aromatic carbocycles. The average molecular weight is 403 g/mol. The van der Waals surface area contributed by atoms with Crippen molar-refractivity contribution in [3.05, 3.63) is 84.3 Å². The van der Waals surface area contributed by atoms with E-state index in [1.807, 2.05) is 55.0 Å². The first-order valence-corrected chi connectivity index (χ1v) is 10.2. The van der Waals surface area contributed by atoms with Crippen molar-refractivity contribution < 1.29 is 14.4 Å². The van der Waals surface area contributed by atoms with Gasteiger partial charge in [0.2, 0.25) is 0 Å². The summed E-state index contributed by atoms with van der Waals surface area (Å²) in [6.45, 7) is 1.38. The summed E-state index contributed by atoms with van der Waals surface area (Å²) in [5.74, 6) is -0.309. The van der Waals surface area contributed by atoms with Crippen molar-refractivity contribution in [2.45, 2.75) is 32.1 Å². The van der Waals surface area contributed by atoms with Crippen LogP contribution < -0.4 is 5.48 Å². The SMILES string of the molecule is O=C(C=Cc1cccc(Cn2cnc(-c3ccccc3)c2)c1)NOC1CCCCO1. The Kier molecular flexibility index (Phi) is 6.69. The molecule has 6 nitrogen and oxygen atoms in total. The molecule has 30 heavy (non-hydrogen) atoms. The maximum Gasteiger partial charge on any atom is 0.267 e. The lowest BCUT2D eigenvalue weighted by atomic mass is 10.1. The number of ether oxygens (including phenoxy) is 1. The van der Waals surface area contributed by atoms with Crippen molar-refractivity contribution >= 4 is 12.0 Å². The van der Waals surface area contributed by atoms with Gasteiger partial charge in [-0.2, -0.15) is 0 Å². The van der Waals surface area contributed by atoms with Gasteiger partial charge < -0.3 is 9.30 Å². The summed E-state index contributed by atoms with van der Waals surface area (Å²) >= 11 is 0. The number of nitrogens with zero attached hydrogens (tertiary/aromatic N) is 2. The molecule has 0 aliphatic carbocycles. The summed E-state index contributed by atoms with van der Waals surface area (Å²) in [5.41, 5.74) is 6.55. The monoisotopic (exact) mass is 403 g/mol. The van der Waals surface area contributed by atoms with Gasteiger partial charge in [0, 0.05) is 37.4 Å². The van der Waals surface area contributed by atoms with Crippen molar-refractivity contribution in [1.29, 1.82) is 0 Å². The molecule has 1 fully saturated rings. The molecule has 1 aliphatic rings. The summed E-state index contributed by atoms with van der Waals surface area (Å²) in [4.78, 5) is 21.8. The highest BCUT2D eigenvalue weighted by molar-refractivity contribution is 5.90. The third kappa shape index (κ3) is 5.65. The maximum absolute atomic E-state index is 12.0. The molecule has 1 unspecified atom stereocenters. The molecule has 3 aromatic rings. The molecule has 0 saturated carbocycles. The van der Waals surface area contributed by atoms with E-state index >= 15 is 0 Å². The number of hydroxylamine groups is 1. The summed E-state index contributed by atoms with van der Waals surface area (Å²) in [7, 11) is 0. The zero-order chi connectivity index (χ0) is 20.6. The van der Waals surface area contributed by atoms with Gasteiger partial charge >= 0.3 is 0 Å². The fraction of sp³-hybridized carbons (Fsp3) is 0.250. The first-order valence-electron chi connectivity index (χ1n) is 10.2. The Morgan fingerprint density at radius 1 is 1.20 bits per heavy atom. The van der Waals surface area contributed by atoms with Crippen LogP contribution in [0.4, 0.5) is 0 Å². The maximum atomic E-state index is 12.0. The van der Waals surface area contributed by atoms with Crippen LogP contribution in [-0.2, 0) is 20.9 Å². The zero-order valence-corrected chi connectivity index (χ0v) is 16.7. The van der Waals surface area contributed by atoms with Gasteiger partial charge in [0.15, 0.2) is 6.29 Å². The quantitative estimate of drug-likeness (QED) is 0.475. The number of imidazole rings is 1. The molecular formula is C24H25N3O3. The third-order valence-corrected chi connectivity index (χ3v) is 4.88. The Morgan fingerprint density at radius 3 is 2.93 bits per heavy atom. The lowest BCUT2D eigenvalue weighted by molar-refractivity contribution is -0.198. The van der Waals surface area contributed by atoms with Crippen LogP contribution >= 0.6 is 0 Å². The largest absolute Gasteiger partial charge is 0.350 e. The predicted molar refractivity (Wildman–Crippen MR) is 115 cm³/mol. The van der Waals surface area contributed by atoms with Crippen molar-refractivity contribution in [2.75, 3.05) is 6.61 Å². The van der Waals surface area contributed by atoms with Crippen LogP contribution in [0.1, 0.15) is 30.4 Å². The van der Waals surface area contributed by atoms with Gasteiger partial charge in [-0.05, 0) is 36.1 Å². The van der Waals surface area contributed by atoms with E-state index < -0.39 is 0 Å². The average Bonchev–Trinajstić information content (AvgIpc) is 3.26. The van der Waals surface area contributed by atoms with E-state index in [0.29, 0.717) is 13.2 Å². The topological polar surface area (TPSA) is 65.4 Å².